The Labute approximate surface area is 125 Å². The molecule has 0 bridgehead atoms. The molecule has 0 radical (unpaired) electrons. The molecule has 2 nitrogen and oxygen atoms in total. The van der Waals surface area contributed by atoms with Crippen molar-refractivity contribution in [1.82, 2.24) is 0 Å². The first-order valence-electron chi connectivity index (χ1n) is 6.21. The van der Waals surface area contributed by atoms with Gasteiger partial charge in [-0.1, -0.05) is 28.4 Å². The van der Waals surface area contributed by atoms with Gasteiger partial charge in [0, 0.05) is 4.83 Å². The molecule has 1 aromatic rings. The van der Waals surface area contributed by atoms with Crippen LogP contribution in [-0.2, 0) is 0 Å². The van der Waals surface area contributed by atoms with E-state index in [2.05, 4.69) is 37.9 Å². The second-order valence-electron chi connectivity index (χ2n) is 4.67. The van der Waals surface area contributed by atoms with Gasteiger partial charge in [0.2, 0.25) is 0 Å². The van der Waals surface area contributed by atoms with Crippen LogP contribution in [0, 0.1) is 0 Å². The monoisotopic (exact) mass is 376 g/mol. The van der Waals surface area contributed by atoms with Gasteiger partial charge in [0.15, 0.2) is 0 Å². The minimum atomic E-state index is 0.570. The lowest BCUT2D eigenvalue weighted by Gasteiger charge is -2.27. The van der Waals surface area contributed by atoms with Gasteiger partial charge in [-0.3, -0.25) is 0 Å². The van der Waals surface area contributed by atoms with Crippen LogP contribution < -0.4 is 9.47 Å². The summed E-state index contributed by atoms with van der Waals surface area (Å²) >= 11 is 7.31. The molecule has 0 saturated heterocycles. The van der Waals surface area contributed by atoms with Crippen LogP contribution in [0.1, 0.15) is 37.2 Å². The fourth-order valence-corrected chi connectivity index (χ4v) is 4.11. The number of hydrogen-bond acceptors (Lipinski definition) is 2. The van der Waals surface area contributed by atoms with Crippen molar-refractivity contribution in [3.05, 3.63) is 22.2 Å². The van der Waals surface area contributed by atoms with Gasteiger partial charge in [-0.2, -0.15) is 0 Å². The number of methoxy groups -OCH3 is 2. The average Bonchev–Trinajstić information content (AvgIpc) is 2.38. The SMILES string of the molecule is COc1ccc(C2CCCC(Br)C2)c(OC)c1Br. The Morgan fingerprint density at radius 3 is 2.56 bits per heavy atom. The fraction of sp³-hybridized carbons (Fsp3) is 0.571. The zero-order valence-corrected chi connectivity index (χ0v) is 13.9. The van der Waals surface area contributed by atoms with E-state index >= 15 is 0 Å². The maximum Gasteiger partial charge on any atom is 0.140 e. The molecule has 18 heavy (non-hydrogen) atoms. The van der Waals surface area contributed by atoms with Gasteiger partial charge in [0.05, 0.1) is 14.2 Å². The van der Waals surface area contributed by atoms with Crippen molar-refractivity contribution in [1.29, 1.82) is 0 Å². The Morgan fingerprint density at radius 1 is 1.17 bits per heavy atom. The second kappa shape index (κ2) is 6.29. The summed E-state index contributed by atoms with van der Waals surface area (Å²) in [7, 11) is 3.39. The molecule has 2 atom stereocenters. The predicted molar refractivity (Wildman–Crippen MR) is 81.2 cm³/mol. The lowest BCUT2D eigenvalue weighted by Crippen LogP contribution is -2.14. The summed E-state index contributed by atoms with van der Waals surface area (Å²) < 4.78 is 11.8. The summed E-state index contributed by atoms with van der Waals surface area (Å²) in [4.78, 5) is 0.627. The summed E-state index contributed by atoms with van der Waals surface area (Å²) in [5, 5.41) is 0. The summed E-state index contributed by atoms with van der Waals surface area (Å²) in [5.41, 5.74) is 1.29. The standard InChI is InChI=1S/C14H18Br2O2/c1-17-12-7-6-11(14(18-2)13(12)16)9-4-3-5-10(15)8-9/h6-7,9-10H,3-5,8H2,1-2H3. The van der Waals surface area contributed by atoms with E-state index in [0.717, 1.165) is 16.0 Å². The van der Waals surface area contributed by atoms with Crippen molar-refractivity contribution in [3.8, 4) is 11.5 Å². The first kappa shape index (κ1) is 14.2. The van der Waals surface area contributed by atoms with Crippen molar-refractivity contribution >= 4 is 31.9 Å². The van der Waals surface area contributed by atoms with Crippen LogP contribution in [0.4, 0.5) is 0 Å². The summed E-state index contributed by atoms with van der Waals surface area (Å²) in [6.45, 7) is 0. The van der Waals surface area contributed by atoms with E-state index in [1.807, 2.05) is 6.07 Å². The normalized spacial score (nSPS) is 23.8. The first-order chi connectivity index (χ1) is 8.67. The molecule has 1 fully saturated rings. The van der Waals surface area contributed by atoms with Crippen LogP contribution in [0.25, 0.3) is 0 Å². The van der Waals surface area contributed by atoms with E-state index < -0.39 is 0 Å². The first-order valence-corrected chi connectivity index (χ1v) is 7.92. The number of rotatable bonds is 3. The highest BCUT2D eigenvalue weighted by atomic mass is 79.9. The summed E-state index contributed by atoms with van der Waals surface area (Å²) in [6, 6.07) is 4.15. The third-order valence-corrected chi connectivity index (χ3v) is 5.15. The number of ether oxygens (including phenoxy) is 2. The van der Waals surface area contributed by atoms with E-state index in [1.165, 1.54) is 31.2 Å². The molecular weight excluding hydrogens is 360 g/mol. The van der Waals surface area contributed by atoms with Gasteiger partial charge in [0.25, 0.3) is 0 Å². The molecule has 2 rings (SSSR count). The van der Waals surface area contributed by atoms with Crippen molar-refractivity contribution in [2.75, 3.05) is 14.2 Å². The van der Waals surface area contributed by atoms with Crippen molar-refractivity contribution < 1.29 is 9.47 Å². The van der Waals surface area contributed by atoms with E-state index in [4.69, 9.17) is 9.47 Å². The van der Waals surface area contributed by atoms with E-state index in [-0.39, 0.29) is 0 Å². The number of alkyl halides is 1. The largest absolute Gasteiger partial charge is 0.495 e. The third kappa shape index (κ3) is 2.85. The Morgan fingerprint density at radius 2 is 1.94 bits per heavy atom. The lowest BCUT2D eigenvalue weighted by atomic mass is 9.83. The van der Waals surface area contributed by atoms with Crippen LogP contribution in [0.3, 0.4) is 0 Å². The van der Waals surface area contributed by atoms with Crippen LogP contribution in [0.5, 0.6) is 11.5 Å². The van der Waals surface area contributed by atoms with Crippen molar-refractivity contribution in [2.24, 2.45) is 0 Å². The minimum absolute atomic E-state index is 0.570. The molecule has 0 aliphatic heterocycles. The molecule has 0 spiro atoms. The molecule has 4 heteroatoms. The van der Waals surface area contributed by atoms with Gasteiger partial charge >= 0.3 is 0 Å². The lowest BCUT2D eigenvalue weighted by molar-refractivity contribution is 0.374. The van der Waals surface area contributed by atoms with Gasteiger partial charge < -0.3 is 9.47 Å². The van der Waals surface area contributed by atoms with Gasteiger partial charge in [0.1, 0.15) is 16.0 Å². The van der Waals surface area contributed by atoms with Gasteiger partial charge in [-0.05, 0) is 52.7 Å². The highest BCUT2D eigenvalue weighted by Crippen LogP contribution is 2.45. The van der Waals surface area contributed by atoms with Gasteiger partial charge in [-0.25, -0.2) is 0 Å². The molecule has 0 aromatic heterocycles. The maximum atomic E-state index is 5.56. The highest BCUT2D eigenvalue weighted by Gasteiger charge is 2.25. The third-order valence-electron chi connectivity index (χ3n) is 3.57. The highest BCUT2D eigenvalue weighted by molar-refractivity contribution is 9.10. The van der Waals surface area contributed by atoms with Crippen LogP contribution in [-0.4, -0.2) is 19.0 Å². The fourth-order valence-electron chi connectivity index (χ4n) is 2.65. The Balaban J connectivity index is 2.35. The smallest absolute Gasteiger partial charge is 0.140 e. The molecule has 1 aliphatic rings. The maximum absolute atomic E-state index is 5.56. The molecule has 0 amide bonds. The van der Waals surface area contributed by atoms with Crippen LogP contribution in [0.15, 0.2) is 16.6 Å². The zero-order chi connectivity index (χ0) is 13.1. The zero-order valence-electron chi connectivity index (χ0n) is 10.7. The van der Waals surface area contributed by atoms with Crippen molar-refractivity contribution in [2.45, 2.75) is 36.4 Å². The van der Waals surface area contributed by atoms with Crippen LogP contribution in [0.2, 0.25) is 0 Å². The molecule has 0 N–H and O–H groups in total. The molecule has 0 heterocycles. The minimum Gasteiger partial charge on any atom is -0.495 e. The number of benzene rings is 1. The molecule has 100 valence electrons. The Hall–Kier alpha value is -0.220. The Kier molecular flexibility index (Phi) is 4.96. The molecule has 2 unspecified atom stereocenters. The topological polar surface area (TPSA) is 18.5 Å². The van der Waals surface area contributed by atoms with Crippen LogP contribution >= 0.6 is 31.9 Å². The average molecular weight is 378 g/mol. The number of halogens is 2. The van der Waals surface area contributed by atoms with E-state index in [1.54, 1.807) is 14.2 Å². The predicted octanol–water partition coefficient (Wildman–Crippen LogP) is 4.89. The number of hydrogen-bond donors (Lipinski definition) is 0. The van der Waals surface area contributed by atoms with E-state index in [9.17, 15) is 0 Å². The second-order valence-corrected chi connectivity index (χ2v) is 6.75. The van der Waals surface area contributed by atoms with Crippen molar-refractivity contribution in [3.63, 3.8) is 0 Å². The quantitative estimate of drug-likeness (QED) is 0.698. The molecule has 1 aromatic carbocycles. The summed E-state index contributed by atoms with van der Waals surface area (Å²) in [6.07, 6.45) is 4.95. The van der Waals surface area contributed by atoms with E-state index in [0.29, 0.717) is 10.7 Å². The molecule has 1 aliphatic carbocycles. The summed E-state index contributed by atoms with van der Waals surface area (Å²) in [5.74, 6) is 2.31. The Bertz CT molecular complexity index is 421. The molecule has 1 saturated carbocycles. The van der Waals surface area contributed by atoms with Gasteiger partial charge in [-0.15, -0.1) is 0 Å². The molecular formula is C14H18Br2O2.